The minimum Gasteiger partial charge on any atom is -0.383 e. The Morgan fingerprint density at radius 2 is 2.00 bits per heavy atom. The maximum absolute atomic E-state index is 5.01. The SMILES string of the molecule is CCNC(=NCc1ccc(SC)cc1)NCCOC. The smallest absolute Gasteiger partial charge is 0.191 e. The third-order valence-electron chi connectivity index (χ3n) is 2.52. The Morgan fingerprint density at radius 1 is 1.26 bits per heavy atom. The molecule has 0 heterocycles. The number of methoxy groups -OCH3 is 1. The molecule has 0 saturated carbocycles. The fraction of sp³-hybridized carbons (Fsp3) is 0.500. The summed E-state index contributed by atoms with van der Waals surface area (Å²) in [6.07, 6.45) is 2.08. The van der Waals surface area contributed by atoms with Crippen LogP contribution in [0.15, 0.2) is 34.2 Å². The van der Waals surface area contributed by atoms with Gasteiger partial charge in [-0.05, 0) is 30.9 Å². The second kappa shape index (κ2) is 9.69. The van der Waals surface area contributed by atoms with Gasteiger partial charge in [0.2, 0.25) is 0 Å². The van der Waals surface area contributed by atoms with Gasteiger partial charge in [0.15, 0.2) is 5.96 Å². The summed E-state index contributed by atoms with van der Waals surface area (Å²) in [7, 11) is 1.69. The summed E-state index contributed by atoms with van der Waals surface area (Å²) in [5, 5.41) is 6.44. The predicted molar refractivity (Wildman–Crippen MR) is 82.9 cm³/mol. The molecule has 0 spiro atoms. The Hall–Kier alpha value is -1.20. The fourth-order valence-electron chi connectivity index (χ4n) is 1.51. The molecule has 0 aliphatic heterocycles. The minimum atomic E-state index is 0.673. The van der Waals surface area contributed by atoms with Crippen molar-refractivity contribution >= 4 is 17.7 Å². The standard InChI is InChI=1S/C14H23N3OS/c1-4-15-14(16-9-10-18-2)17-11-12-5-7-13(19-3)8-6-12/h5-8H,4,9-11H2,1-3H3,(H2,15,16,17). The lowest BCUT2D eigenvalue weighted by Crippen LogP contribution is -2.38. The molecule has 0 aliphatic carbocycles. The van der Waals surface area contributed by atoms with Crippen LogP contribution in [0.4, 0.5) is 0 Å². The van der Waals surface area contributed by atoms with Crippen LogP contribution in [0.1, 0.15) is 12.5 Å². The Bertz CT molecular complexity index is 379. The van der Waals surface area contributed by atoms with Crippen LogP contribution in [0.3, 0.4) is 0 Å². The number of hydrogen-bond donors (Lipinski definition) is 2. The molecule has 0 saturated heterocycles. The van der Waals surface area contributed by atoms with E-state index in [1.54, 1.807) is 18.9 Å². The Balaban J connectivity index is 2.52. The molecular formula is C14H23N3OS. The molecule has 0 amide bonds. The van der Waals surface area contributed by atoms with Gasteiger partial charge in [-0.15, -0.1) is 11.8 Å². The van der Waals surface area contributed by atoms with Crippen molar-refractivity contribution in [1.29, 1.82) is 0 Å². The van der Waals surface area contributed by atoms with E-state index in [-0.39, 0.29) is 0 Å². The summed E-state index contributed by atoms with van der Waals surface area (Å²) in [5.74, 6) is 0.827. The van der Waals surface area contributed by atoms with E-state index in [0.717, 1.165) is 19.0 Å². The topological polar surface area (TPSA) is 45.7 Å². The van der Waals surface area contributed by atoms with Crippen molar-refractivity contribution in [2.75, 3.05) is 33.1 Å². The van der Waals surface area contributed by atoms with Crippen molar-refractivity contribution in [3.05, 3.63) is 29.8 Å². The summed E-state index contributed by atoms with van der Waals surface area (Å²) in [4.78, 5) is 5.82. The fourth-order valence-corrected chi connectivity index (χ4v) is 1.92. The Morgan fingerprint density at radius 3 is 2.58 bits per heavy atom. The highest BCUT2D eigenvalue weighted by Gasteiger charge is 1.97. The number of rotatable bonds is 7. The van der Waals surface area contributed by atoms with Crippen molar-refractivity contribution in [2.24, 2.45) is 4.99 Å². The molecule has 5 heteroatoms. The van der Waals surface area contributed by atoms with Crippen molar-refractivity contribution in [2.45, 2.75) is 18.4 Å². The summed E-state index contributed by atoms with van der Waals surface area (Å²) in [6, 6.07) is 8.49. The normalized spacial score (nSPS) is 11.4. The van der Waals surface area contributed by atoms with E-state index in [1.165, 1.54) is 10.5 Å². The first-order chi connectivity index (χ1) is 9.30. The number of nitrogens with zero attached hydrogens (tertiary/aromatic N) is 1. The number of ether oxygens (including phenoxy) is 1. The molecule has 0 atom stereocenters. The highest BCUT2D eigenvalue weighted by atomic mass is 32.2. The summed E-state index contributed by atoms with van der Waals surface area (Å²) in [6.45, 7) is 5.02. The first-order valence-corrected chi connectivity index (χ1v) is 7.66. The van der Waals surface area contributed by atoms with Crippen LogP contribution in [0.5, 0.6) is 0 Å². The second-order valence-electron chi connectivity index (χ2n) is 3.96. The van der Waals surface area contributed by atoms with Gasteiger partial charge in [0.1, 0.15) is 0 Å². The van der Waals surface area contributed by atoms with Crippen LogP contribution in [-0.4, -0.2) is 39.0 Å². The Kier molecular flexibility index (Phi) is 8.09. The lowest BCUT2D eigenvalue weighted by molar-refractivity contribution is 0.203. The molecule has 1 aromatic rings. The molecular weight excluding hydrogens is 258 g/mol. The summed E-state index contributed by atoms with van der Waals surface area (Å²) in [5.41, 5.74) is 1.21. The van der Waals surface area contributed by atoms with Gasteiger partial charge in [-0.3, -0.25) is 0 Å². The molecule has 0 fully saturated rings. The van der Waals surface area contributed by atoms with Gasteiger partial charge >= 0.3 is 0 Å². The van der Waals surface area contributed by atoms with E-state index < -0.39 is 0 Å². The average molecular weight is 281 g/mol. The Labute approximate surface area is 120 Å². The number of hydrogen-bond acceptors (Lipinski definition) is 3. The molecule has 0 unspecified atom stereocenters. The van der Waals surface area contributed by atoms with Crippen LogP contribution in [0, 0.1) is 0 Å². The lowest BCUT2D eigenvalue weighted by Gasteiger charge is -2.10. The first-order valence-electron chi connectivity index (χ1n) is 6.44. The van der Waals surface area contributed by atoms with Gasteiger partial charge in [-0.2, -0.15) is 0 Å². The number of thioether (sulfide) groups is 1. The van der Waals surface area contributed by atoms with Crippen LogP contribution >= 0.6 is 11.8 Å². The first kappa shape index (κ1) is 15.9. The van der Waals surface area contributed by atoms with Gasteiger partial charge in [0.05, 0.1) is 13.2 Å². The van der Waals surface area contributed by atoms with Gasteiger partial charge in [0, 0.05) is 25.1 Å². The van der Waals surface area contributed by atoms with Crippen molar-refractivity contribution in [1.82, 2.24) is 10.6 Å². The van der Waals surface area contributed by atoms with E-state index in [4.69, 9.17) is 4.74 Å². The molecule has 0 aromatic heterocycles. The van der Waals surface area contributed by atoms with Crippen LogP contribution in [-0.2, 0) is 11.3 Å². The number of guanidine groups is 1. The molecule has 1 aromatic carbocycles. The van der Waals surface area contributed by atoms with E-state index in [0.29, 0.717) is 13.2 Å². The van der Waals surface area contributed by atoms with Gasteiger partial charge in [-0.1, -0.05) is 12.1 Å². The molecule has 1 rings (SSSR count). The van der Waals surface area contributed by atoms with Crippen molar-refractivity contribution < 1.29 is 4.74 Å². The van der Waals surface area contributed by atoms with E-state index >= 15 is 0 Å². The summed E-state index contributed by atoms with van der Waals surface area (Å²) >= 11 is 1.75. The maximum Gasteiger partial charge on any atom is 0.191 e. The van der Waals surface area contributed by atoms with Gasteiger partial charge < -0.3 is 15.4 Å². The zero-order valence-corrected chi connectivity index (χ0v) is 12.7. The average Bonchev–Trinajstić information content (AvgIpc) is 2.45. The monoisotopic (exact) mass is 281 g/mol. The van der Waals surface area contributed by atoms with E-state index in [9.17, 15) is 0 Å². The zero-order chi connectivity index (χ0) is 13.9. The summed E-state index contributed by atoms with van der Waals surface area (Å²) < 4.78 is 5.01. The van der Waals surface area contributed by atoms with Crippen LogP contribution in [0.2, 0.25) is 0 Å². The highest BCUT2D eigenvalue weighted by Crippen LogP contribution is 2.15. The van der Waals surface area contributed by atoms with Crippen LogP contribution < -0.4 is 10.6 Å². The number of aliphatic imine (C=N–C) groups is 1. The van der Waals surface area contributed by atoms with Gasteiger partial charge in [0.25, 0.3) is 0 Å². The zero-order valence-electron chi connectivity index (χ0n) is 11.9. The largest absolute Gasteiger partial charge is 0.383 e. The third kappa shape index (κ3) is 6.50. The second-order valence-corrected chi connectivity index (χ2v) is 4.84. The maximum atomic E-state index is 5.01. The molecule has 19 heavy (non-hydrogen) atoms. The molecule has 0 aliphatic rings. The molecule has 106 valence electrons. The molecule has 0 radical (unpaired) electrons. The van der Waals surface area contributed by atoms with Gasteiger partial charge in [-0.25, -0.2) is 4.99 Å². The lowest BCUT2D eigenvalue weighted by atomic mass is 10.2. The minimum absolute atomic E-state index is 0.673. The van der Waals surface area contributed by atoms with Crippen molar-refractivity contribution in [3.63, 3.8) is 0 Å². The predicted octanol–water partition coefficient (Wildman–Crippen LogP) is 2.11. The number of nitrogens with one attached hydrogen (secondary N) is 2. The van der Waals surface area contributed by atoms with Crippen LogP contribution in [0.25, 0.3) is 0 Å². The quantitative estimate of drug-likeness (QED) is 0.348. The van der Waals surface area contributed by atoms with E-state index in [2.05, 4.69) is 53.1 Å². The van der Waals surface area contributed by atoms with Crippen molar-refractivity contribution in [3.8, 4) is 0 Å². The molecule has 0 bridgehead atoms. The highest BCUT2D eigenvalue weighted by molar-refractivity contribution is 7.98. The van der Waals surface area contributed by atoms with E-state index in [1.807, 2.05) is 0 Å². The molecule has 2 N–H and O–H groups in total. The molecule has 4 nitrogen and oxygen atoms in total. The number of benzene rings is 1. The third-order valence-corrected chi connectivity index (χ3v) is 3.27.